The van der Waals surface area contributed by atoms with Crippen molar-refractivity contribution in [3.63, 3.8) is 0 Å². The van der Waals surface area contributed by atoms with Gasteiger partial charge in [0, 0.05) is 27.6 Å². The number of carbonyl (C=O) groups is 1. The summed E-state index contributed by atoms with van der Waals surface area (Å²) in [5, 5.41) is 4.25. The van der Waals surface area contributed by atoms with E-state index < -0.39 is 0 Å². The topological polar surface area (TPSA) is 38.3 Å². The zero-order valence-corrected chi connectivity index (χ0v) is 18.7. The molecular formula is C26H22ClNO2S. The van der Waals surface area contributed by atoms with E-state index in [0.717, 1.165) is 45.2 Å². The fraction of sp³-hybridized carbons (Fsp3) is 0.192. The Balaban J connectivity index is 1.57. The highest BCUT2D eigenvalue weighted by molar-refractivity contribution is 8.00. The van der Waals surface area contributed by atoms with Crippen molar-refractivity contribution < 1.29 is 9.53 Å². The Morgan fingerprint density at radius 2 is 1.65 bits per heavy atom. The number of anilines is 1. The first-order valence-electron chi connectivity index (χ1n) is 10.3. The fourth-order valence-corrected chi connectivity index (χ4v) is 5.83. The average molecular weight is 448 g/mol. The van der Waals surface area contributed by atoms with Gasteiger partial charge in [-0.15, -0.1) is 11.8 Å². The van der Waals surface area contributed by atoms with Crippen molar-refractivity contribution in [3.8, 4) is 5.75 Å². The number of nitrogens with one attached hydrogen (secondary N) is 1. The SMILES string of the molecule is COc1ccc([C@@H]2CC(=O)C3=C(C2)Nc2ccccc2S[C@H]3c2ccc(Cl)cc2)cc1. The number of para-hydroxylation sites is 1. The van der Waals surface area contributed by atoms with Crippen LogP contribution in [-0.4, -0.2) is 12.9 Å². The molecule has 3 aromatic carbocycles. The lowest BCUT2D eigenvalue weighted by Crippen LogP contribution is -2.24. The second-order valence-electron chi connectivity index (χ2n) is 7.86. The summed E-state index contributed by atoms with van der Waals surface area (Å²) < 4.78 is 5.29. The summed E-state index contributed by atoms with van der Waals surface area (Å²) in [6.45, 7) is 0. The van der Waals surface area contributed by atoms with Gasteiger partial charge in [0.15, 0.2) is 5.78 Å². The molecule has 31 heavy (non-hydrogen) atoms. The largest absolute Gasteiger partial charge is 0.497 e. The predicted molar refractivity (Wildman–Crippen MR) is 127 cm³/mol. The maximum atomic E-state index is 13.5. The number of methoxy groups -OCH3 is 1. The van der Waals surface area contributed by atoms with Crippen molar-refractivity contribution in [1.82, 2.24) is 0 Å². The Morgan fingerprint density at radius 1 is 0.935 bits per heavy atom. The molecule has 0 bridgehead atoms. The van der Waals surface area contributed by atoms with Crippen molar-refractivity contribution in [2.45, 2.75) is 28.9 Å². The minimum Gasteiger partial charge on any atom is -0.497 e. The van der Waals surface area contributed by atoms with Crippen LogP contribution in [0.1, 0.15) is 35.1 Å². The predicted octanol–water partition coefficient (Wildman–Crippen LogP) is 7.01. The highest BCUT2D eigenvalue weighted by Gasteiger charge is 2.36. The van der Waals surface area contributed by atoms with Crippen LogP contribution in [0.25, 0.3) is 0 Å². The van der Waals surface area contributed by atoms with Gasteiger partial charge in [-0.3, -0.25) is 4.79 Å². The summed E-state index contributed by atoms with van der Waals surface area (Å²) in [7, 11) is 1.66. The summed E-state index contributed by atoms with van der Waals surface area (Å²) in [4.78, 5) is 14.7. The van der Waals surface area contributed by atoms with Gasteiger partial charge in [-0.05, 0) is 59.9 Å². The van der Waals surface area contributed by atoms with E-state index in [1.807, 2.05) is 48.5 Å². The number of hydrogen-bond donors (Lipinski definition) is 1. The number of rotatable bonds is 3. The maximum Gasteiger partial charge on any atom is 0.162 e. The third-order valence-corrected chi connectivity index (χ3v) is 7.55. The number of allylic oxidation sites excluding steroid dienone is 1. The summed E-state index contributed by atoms with van der Waals surface area (Å²) in [5.74, 6) is 1.17. The van der Waals surface area contributed by atoms with Crippen LogP contribution >= 0.6 is 23.4 Å². The van der Waals surface area contributed by atoms with Crippen LogP contribution < -0.4 is 10.1 Å². The second kappa shape index (κ2) is 8.45. The van der Waals surface area contributed by atoms with E-state index in [9.17, 15) is 4.79 Å². The van der Waals surface area contributed by atoms with Gasteiger partial charge >= 0.3 is 0 Å². The third-order valence-electron chi connectivity index (χ3n) is 5.95. The zero-order chi connectivity index (χ0) is 21.4. The summed E-state index contributed by atoms with van der Waals surface area (Å²) in [5.41, 5.74) is 5.22. The summed E-state index contributed by atoms with van der Waals surface area (Å²) >= 11 is 7.86. The molecule has 0 unspecified atom stereocenters. The highest BCUT2D eigenvalue weighted by atomic mass is 35.5. The third kappa shape index (κ3) is 3.98. The first-order valence-corrected chi connectivity index (χ1v) is 11.6. The van der Waals surface area contributed by atoms with Crippen LogP contribution in [0.5, 0.6) is 5.75 Å². The number of carbonyl (C=O) groups excluding carboxylic acids is 1. The van der Waals surface area contributed by atoms with Gasteiger partial charge in [-0.1, -0.05) is 48.0 Å². The van der Waals surface area contributed by atoms with Crippen LogP contribution in [0.2, 0.25) is 5.02 Å². The molecule has 5 heteroatoms. The van der Waals surface area contributed by atoms with E-state index in [1.165, 1.54) is 0 Å². The Morgan fingerprint density at radius 3 is 2.39 bits per heavy atom. The van der Waals surface area contributed by atoms with Crippen LogP contribution in [0.3, 0.4) is 0 Å². The van der Waals surface area contributed by atoms with E-state index in [-0.39, 0.29) is 17.0 Å². The molecule has 1 N–H and O–H groups in total. The molecule has 2 atom stereocenters. The summed E-state index contributed by atoms with van der Waals surface area (Å²) in [6, 6.07) is 24.2. The highest BCUT2D eigenvalue weighted by Crippen LogP contribution is 2.51. The number of hydrogen-bond acceptors (Lipinski definition) is 4. The second-order valence-corrected chi connectivity index (χ2v) is 9.45. The van der Waals surface area contributed by atoms with Gasteiger partial charge in [-0.2, -0.15) is 0 Å². The smallest absolute Gasteiger partial charge is 0.162 e. The zero-order valence-electron chi connectivity index (χ0n) is 17.1. The van der Waals surface area contributed by atoms with Gasteiger partial charge in [0.05, 0.1) is 18.0 Å². The molecule has 156 valence electrons. The van der Waals surface area contributed by atoms with E-state index in [0.29, 0.717) is 11.4 Å². The van der Waals surface area contributed by atoms with Crippen LogP contribution in [-0.2, 0) is 4.79 Å². The maximum absolute atomic E-state index is 13.5. The standard InChI is InChI=1S/C26H22ClNO2S/c1-30-20-12-8-16(9-13-20)18-14-22-25(23(29)15-18)26(17-6-10-19(27)11-7-17)31-24-5-3-2-4-21(24)28-22/h2-13,18,26,28H,14-15H2,1H3/t18-,26-/m0/s1. The molecule has 0 fully saturated rings. The van der Waals surface area contributed by atoms with Crippen molar-refractivity contribution in [1.29, 1.82) is 0 Å². The lowest BCUT2D eigenvalue weighted by Gasteiger charge is -2.29. The lowest BCUT2D eigenvalue weighted by atomic mass is 9.80. The van der Waals surface area contributed by atoms with Gasteiger partial charge < -0.3 is 10.1 Å². The molecule has 0 saturated heterocycles. The molecule has 0 radical (unpaired) electrons. The minimum atomic E-state index is -0.0623. The van der Waals surface area contributed by atoms with Crippen LogP contribution in [0.4, 0.5) is 5.69 Å². The average Bonchev–Trinajstić information content (AvgIpc) is 2.96. The number of fused-ring (bicyclic) bond motifs is 1. The molecule has 3 nitrogen and oxygen atoms in total. The van der Waals surface area contributed by atoms with E-state index in [4.69, 9.17) is 16.3 Å². The number of halogens is 1. The van der Waals surface area contributed by atoms with Gasteiger partial charge in [-0.25, -0.2) is 0 Å². The lowest BCUT2D eigenvalue weighted by molar-refractivity contribution is -0.116. The van der Waals surface area contributed by atoms with E-state index in [1.54, 1.807) is 18.9 Å². The molecular weight excluding hydrogens is 426 g/mol. The van der Waals surface area contributed by atoms with Crippen molar-refractivity contribution >= 4 is 34.8 Å². The van der Waals surface area contributed by atoms with Gasteiger partial charge in [0.2, 0.25) is 0 Å². The molecule has 1 aliphatic carbocycles. The fourth-order valence-electron chi connectivity index (χ4n) is 4.36. The van der Waals surface area contributed by atoms with Crippen molar-refractivity contribution in [2.24, 2.45) is 0 Å². The van der Waals surface area contributed by atoms with Crippen LogP contribution in [0, 0.1) is 0 Å². The number of ketones is 1. The quantitative estimate of drug-likeness (QED) is 0.468. The Hall–Kier alpha value is -2.69. The molecule has 5 rings (SSSR count). The first-order chi connectivity index (χ1) is 15.1. The van der Waals surface area contributed by atoms with Gasteiger partial charge in [0.1, 0.15) is 5.75 Å². The Bertz CT molecular complexity index is 1150. The number of ether oxygens (including phenoxy) is 1. The molecule has 1 aliphatic heterocycles. The van der Waals surface area contributed by atoms with Crippen molar-refractivity contribution in [3.05, 3.63) is 100 Å². The van der Waals surface area contributed by atoms with Crippen LogP contribution in [0.15, 0.2) is 89.0 Å². The minimum absolute atomic E-state index is 0.0623. The first kappa shape index (κ1) is 20.2. The monoisotopic (exact) mass is 447 g/mol. The molecule has 2 aliphatic rings. The van der Waals surface area contributed by atoms with E-state index in [2.05, 4.69) is 29.6 Å². The molecule has 0 amide bonds. The number of thioether (sulfide) groups is 1. The molecule has 3 aromatic rings. The summed E-state index contributed by atoms with van der Waals surface area (Å²) in [6.07, 6.45) is 1.31. The Labute approximate surface area is 191 Å². The van der Waals surface area contributed by atoms with Gasteiger partial charge in [0.25, 0.3) is 0 Å². The number of benzene rings is 3. The molecule has 1 heterocycles. The molecule has 0 aromatic heterocycles. The number of Topliss-reactive ketones (excluding diaryl/α,β-unsaturated/α-hetero) is 1. The molecule has 0 spiro atoms. The Kier molecular flexibility index (Phi) is 5.51. The normalized spacial score (nSPS) is 20.4. The molecule has 0 saturated carbocycles. The van der Waals surface area contributed by atoms with E-state index >= 15 is 0 Å². The van der Waals surface area contributed by atoms with Crippen molar-refractivity contribution in [2.75, 3.05) is 12.4 Å².